The molecule has 4 rings (SSSR count). The van der Waals surface area contributed by atoms with Crippen LogP contribution in [0.15, 0.2) is 45.6 Å². The minimum atomic E-state index is -0.462. The lowest BCUT2D eigenvalue weighted by Gasteiger charge is -2.36. The number of hydrogen-bond acceptors (Lipinski definition) is 6. The van der Waals surface area contributed by atoms with Crippen LogP contribution in [-0.4, -0.2) is 56.2 Å². The van der Waals surface area contributed by atoms with Crippen LogP contribution in [0.2, 0.25) is 0 Å². The second kappa shape index (κ2) is 7.30. The van der Waals surface area contributed by atoms with Crippen LogP contribution in [0.25, 0.3) is 11.1 Å². The molecule has 1 saturated heterocycles. The third-order valence-electron chi connectivity index (χ3n) is 4.94. The van der Waals surface area contributed by atoms with E-state index in [-0.39, 0.29) is 5.91 Å². The van der Waals surface area contributed by atoms with E-state index < -0.39 is 5.76 Å². The number of carbonyl (C=O) groups is 1. The summed E-state index contributed by atoms with van der Waals surface area (Å²) in [5.74, 6) is 0.658. The Morgan fingerprint density at radius 1 is 1.00 bits per heavy atom. The number of rotatable bonds is 4. The normalized spacial score (nSPS) is 14.4. The number of aromatic amines is 1. The Morgan fingerprint density at radius 3 is 2.32 bits per heavy atom. The molecule has 0 atom stereocenters. The van der Waals surface area contributed by atoms with Crippen LogP contribution in [0, 0.1) is 0 Å². The van der Waals surface area contributed by atoms with Crippen molar-refractivity contribution in [3.63, 3.8) is 0 Å². The highest BCUT2D eigenvalue weighted by Gasteiger charge is 2.23. The van der Waals surface area contributed by atoms with E-state index in [1.807, 2.05) is 23.1 Å². The SMILES string of the molecule is COc1cc(OC)cc(C(=O)N2CCN(c3ccc4[nH]c(=O)oc4c3)CC2)c1. The number of anilines is 1. The first-order valence-corrected chi connectivity index (χ1v) is 8.97. The van der Waals surface area contributed by atoms with Crippen molar-refractivity contribution < 1.29 is 18.7 Å². The fourth-order valence-electron chi connectivity index (χ4n) is 3.41. The van der Waals surface area contributed by atoms with E-state index in [0.717, 1.165) is 5.69 Å². The Hall–Kier alpha value is -3.42. The Morgan fingerprint density at radius 2 is 1.68 bits per heavy atom. The summed E-state index contributed by atoms with van der Waals surface area (Å²) >= 11 is 0. The van der Waals surface area contributed by atoms with Gasteiger partial charge in [0, 0.05) is 49.6 Å². The zero-order valence-electron chi connectivity index (χ0n) is 15.7. The second-order valence-corrected chi connectivity index (χ2v) is 6.58. The van der Waals surface area contributed by atoms with Crippen molar-refractivity contribution in [1.82, 2.24) is 9.88 Å². The molecule has 0 bridgehead atoms. The summed E-state index contributed by atoms with van der Waals surface area (Å²) in [7, 11) is 3.12. The number of amides is 1. The molecular formula is C20H21N3O5. The van der Waals surface area contributed by atoms with E-state index in [1.54, 1.807) is 32.4 Å². The molecule has 1 N–H and O–H groups in total. The molecule has 1 fully saturated rings. The van der Waals surface area contributed by atoms with Gasteiger partial charge in [0.05, 0.1) is 19.7 Å². The number of aromatic nitrogens is 1. The van der Waals surface area contributed by atoms with Gasteiger partial charge in [-0.15, -0.1) is 0 Å². The Balaban J connectivity index is 1.47. The molecule has 8 nitrogen and oxygen atoms in total. The Labute approximate surface area is 161 Å². The fourth-order valence-corrected chi connectivity index (χ4v) is 3.41. The zero-order chi connectivity index (χ0) is 19.7. The summed E-state index contributed by atoms with van der Waals surface area (Å²) in [6, 6.07) is 10.8. The molecule has 2 aromatic carbocycles. The average molecular weight is 383 g/mol. The highest BCUT2D eigenvalue weighted by molar-refractivity contribution is 5.95. The summed E-state index contributed by atoms with van der Waals surface area (Å²) in [5, 5.41) is 0. The van der Waals surface area contributed by atoms with Crippen molar-refractivity contribution in [3.05, 3.63) is 52.5 Å². The molecule has 0 unspecified atom stereocenters. The third-order valence-corrected chi connectivity index (χ3v) is 4.94. The van der Waals surface area contributed by atoms with Crippen LogP contribution in [-0.2, 0) is 0 Å². The highest BCUT2D eigenvalue weighted by atomic mass is 16.5. The minimum Gasteiger partial charge on any atom is -0.497 e. The molecule has 28 heavy (non-hydrogen) atoms. The van der Waals surface area contributed by atoms with E-state index in [1.165, 1.54) is 0 Å². The van der Waals surface area contributed by atoms with Gasteiger partial charge < -0.3 is 23.7 Å². The van der Waals surface area contributed by atoms with Crippen molar-refractivity contribution >= 4 is 22.7 Å². The molecule has 2 heterocycles. The molecule has 8 heteroatoms. The van der Waals surface area contributed by atoms with Crippen molar-refractivity contribution in [2.24, 2.45) is 0 Å². The number of piperazine rings is 1. The van der Waals surface area contributed by atoms with Crippen molar-refractivity contribution in [1.29, 1.82) is 0 Å². The Bertz CT molecular complexity index is 1040. The first-order chi connectivity index (χ1) is 13.6. The third kappa shape index (κ3) is 3.40. The summed E-state index contributed by atoms with van der Waals surface area (Å²) < 4.78 is 15.6. The Kier molecular flexibility index (Phi) is 4.68. The average Bonchev–Trinajstić information content (AvgIpc) is 3.12. The lowest BCUT2D eigenvalue weighted by Crippen LogP contribution is -2.48. The van der Waals surface area contributed by atoms with Gasteiger partial charge in [-0.25, -0.2) is 4.79 Å². The van der Waals surface area contributed by atoms with Gasteiger partial charge >= 0.3 is 5.76 Å². The number of H-pyrrole nitrogens is 1. The molecule has 1 aliphatic heterocycles. The molecule has 3 aromatic rings. The van der Waals surface area contributed by atoms with Crippen LogP contribution < -0.4 is 20.1 Å². The number of nitrogens with zero attached hydrogens (tertiary/aromatic N) is 2. The van der Waals surface area contributed by atoms with Gasteiger partial charge in [0.15, 0.2) is 5.58 Å². The van der Waals surface area contributed by atoms with Crippen molar-refractivity contribution in [2.45, 2.75) is 0 Å². The summed E-state index contributed by atoms with van der Waals surface area (Å²) in [6.45, 7) is 2.56. The first kappa shape index (κ1) is 18.0. The van der Waals surface area contributed by atoms with Gasteiger partial charge in [-0.05, 0) is 24.3 Å². The molecule has 0 saturated carbocycles. The monoisotopic (exact) mass is 383 g/mol. The number of benzene rings is 2. The van der Waals surface area contributed by atoms with Crippen molar-refractivity contribution in [2.75, 3.05) is 45.3 Å². The second-order valence-electron chi connectivity index (χ2n) is 6.58. The van der Waals surface area contributed by atoms with E-state index in [2.05, 4.69) is 9.88 Å². The van der Waals surface area contributed by atoms with Crippen LogP contribution in [0.3, 0.4) is 0 Å². The predicted octanol–water partition coefficient (Wildman–Crippen LogP) is 2.10. The van der Waals surface area contributed by atoms with E-state index in [9.17, 15) is 9.59 Å². The standard InChI is InChI=1S/C20H21N3O5/c1-26-15-9-13(10-16(12-15)27-2)19(24)23-7-5-22(6-8-23)14-3-4-17-18(11-14)28-20(25)21-17/h3-4,9-12H,5-8H2,1-2H3,(H,21,25). The number of ether oxygens (including phenoxy) is 2. The summed E-state index contributed by atoms with van der Waals surface area (Å²) in [6.07, 6.45) is 0. The highest BCUT2D eigenvalue weighted by Crippen LogP contribution is 2.25. The predicted molar refractivity (Wildman–Crippen MR) is 104 cm³/mol. The molecule has 1 aromatic heterocycles. The van der Waals surface area contributed by atoms with Gasteiger partial charge in [0.1, 0.15) is 11.5 Å². The molecule has 146 valence electrons. The molecule has 0 aliphatic carbocycles. The van der Waals surface area contributed by atoms with Gasteiger partial charge in [0.2, 0.25) is 0 Å². The van der Waals surface area contributed by atoms with E-state index >= 15 is 0 Å². The first-order valence-electron chi connectivity index (χ1n) is 8.97. The number of methoxy groups -OCH3 is 2. The number of fused-ring (bicyclic) bond motifs is 1. The number of carbonyl (C=O) groups excluding carboxylic acids is 1. The summed E-state index contributed by atoms with van der Waals surface area (Å²) in [4.78, 5) is 30.8. The smallest absolute Gasteiger partial charge is 0.417 e. The van der Waals surface area contributed by atoms with E-state index in [0.29, 0.717) is 54.3 Å². The van der Waals surface area contributed by atoms with Gasteiger partial charge in [-0.1, -0.05) is 0 Å². The molecule has 0 radical (unpaired) electrons. The maximum absolute atomic E-state index is 12.9. The van der Waals surface area contributed by atoms with Gasteiger partial charge in [0.25, 0.3) is 5.91 Å². The molecule has 1 aliphatic rings. The fraction of sp³-hybridized carbons (Fsp3) is 0.300. The zero-order valence-corrected chi connectivity index (χ0v) is 15.7. The number of oxazole rings is 1. The van der Waals surface area contributed by atoms with Crippen LogP contribution in [0.1, 0.15) is 10.4 Å². The molecular weight excluding hydrogens is 362 g/mol. The largest absolute Gasteiger partial charge is 0.497 e. The maximum atomic E-state index is 12.9. The maximum Gasteiger partial charge on any atom is 0.417 e. The quantitative estimate of drug-likeness (QED) is 0.742. The minimum absolute atomic E-state index is 0.0519. The van der Waals surface area contributed by atoms with Crippen LogP contribution in [0.4, 0.5) is 5.69 Å². The van der Waals surface area contributed by atoms with Crippen molar-refractivity contribution in [3.8, 4) is 11.5 Å². The topological polar surface area (TPSA) is 88.0 Å². The lowest BCUT2D eigenvalue weighted by atomic mass is 10.1. The molecule has 0 spiro atoms. The van der Waals surface area contributed by atoms with Crippen LogP contribution in [0.5, 0.6) is 11.5 Å². The number of nitrogens with one attached hydrogen (secondary N) is 1. The summed E-state index contributed by atoms with van der Waals surface area (Å²) in [5.41, 5.74) is 2.71. The van der Waals surface area contributed by atoms with Gasteiger partial charge in [-0.3, -0.25) is 9.78 Å². The van der Waals surface area contributed by atoms with Crippen LogP contribution >= 0.6 is 0 Å². The number of hydrogen-bond donors (Lipinski definition) is 1. The van der Waals surface area contributed by atoms with E-state index in [4.69, 9.17) is 13.9 Å². The molecule has 1 amide bonds. The lowest BCUT2D eigenvalue weighted by molar-refractivity contribution is 0.0746. The van der Waals surface area contributed by atoms with Gasteiger partial charge in [-0.2, -0.15) is 0 Å².